The van der Waals surface area contributed by atoms with Crippen molar-refractivity contribution >= 4 is 15.9 Å². The van der Waals surface area contributed by atoms with Crippen molar-refractivity contribution in [2.24, 2.45) is 0 Å². The van der Waals surface area contributed by atoms with Crippen LogP contribution in [0.3, 0.4) is 0 Å². The van der Waals surface area contributed by atoms with Crippen LogP contribution in [-0.4, -0.2) is 11.3 Å². The van der Waals surface area contributed by atoms with Crippen LogP contribution >= 0.6 is 15.9 Å². The molecule has 1 aromatic carbocycles. The molecule has 2 aromatic rings. The zero-order valence-corrected chi connectivity index (χ0v) is 10.9. The quantitative estimate of drug-likeness (QED) is 0.826. The van der Waals surface area contributed by atoms with Crippen molar-refractivity contribution in [3.63, 3.8) is 0 Å². The highest BCUT2D eigenvalue weighted by Gasteiger charge is 2.32. The number of alkyl halides is 3. The fourth-order valence-electron chi connectivity index (χ4n) is 1.29. The third-order valence-electron chi connectivity index (χ3n) is 2.01. The van der Waals surface area contributed by atoms with Gasteiger partial charge in [0.25, 0.3) is 0 Å². The van der Waals surface area contributed by atoms with Crippen molar-refractivity contribution in [2.75, 3.05) is 0 Å². The van der Waals surface area contributed by atoms with Gasteiger partial charge in [0.1, 0.15) is 0 Å². The van der Waals surface area contributed by atoms with Gasteiger partial charge in [-0.3, -0.25) is 0 Å². The number of rotatable bonds is 3. The Bertz CT molecular complexity index is 575. The second-order valence-corrected chi connectivity index (χ2v) is 4.24. The van der Waals surface area contributed by atoms with E-state index < -0.39 is 12.1 Å². The Morgan fingerprint density at radius 2 is 1.68 bits per heavy atom. The molecular formula is C12H7BrF3NO2. The summed E-state index contributed by atoms with van der Waals surface area (Å²) in [6, 6.07) is 8.81. The lowest BCUT2D eigenvalue weighted by Crippen LogP contribution is -2.17. The summed E-state index contributed by atoms with van der Waals surface area (Å²) in [5.74, 6) is -0.340. The van der Waals surface area contributed by atoms with Gasteiger partial charge in [-0.1, -0.05) is 12.1 Å². The maximum absolute atomic E-state index is 12.2. The molecular weight excluding hydrogens is 327 g/mol. The van der Waals surface area contributed by atoms with Crippen LogP contribution in [0.15, 0.2) is 47.1 Å². The van der Waals surface area contributed by atoms with E-state index in [-0.39, 0.29) is 11.6 Å². The number of aromatic nitrogens is 1. The first-order chi connectivity index (χ1) is 8.96. The minimum Gasteiger partial charge on any atom is -0.434 e. The SMILES string of the molecule is FC(F)(F)Oc1ccccc1Oc1ncccc1Br. The Labute approximate surface area is 115 Å². The summed E-state index contributed by atoms with van der Waals surface area (Å²) < 4.78 is 46.4. The standard InChI is InChI=1S/C12H7BrF3NO2/c13-8-4-3-7-17-11(8)18-9-5-1-2-6-10(9)19-12(14,15)16/h1-7H. The molecule has 0 aliphatic rings. The van der Waals surface area contributed by atoms with Crippen LogP contribution in [0.5, 0.6) is 17.4 Å². The predicted octanol–water partition coefficient (Wildman–Crippen LogP) is 4.54. The molecule has 2 rings (SSSR count). The van der Waals surface area contributed by atoms with Gasteiger partial charge in [0.2, 0.25) is 5.88 Å². The van der Waals surface area contributed by atoms with E-state index >= 15 is 0 Å². The summed E-state index contributed by atoms with van der Waals surface area (Å²) in [5, 5.41) is 0. The molecule has 100 valence electrons. The van der Waals surface area contributed by atoms with E-state index in [4.69, 9.17) is 4.74 Å². The lowest BCUT2D eigenvalue weighted by atomic mass is 10.3. The number of ether oxygens (including phenoxy) is 2. The molecule has 0 fully saturated rings. The minimum atomic E-state index is -4.78. The van der Waals surface area contributed by atoms with E-state index in [9.17, 15) is 13.2 Å². The van der Waals surface area contributed by atoms with Crippen LogP contribution in [-0.2, 0) is 0 Å². The van der Waals surface area contributed by atoms with Crippen molar-refractivity contribution in [2.45, 2.75) is 6.36 Å². The van der Waals surface area contributed by atoms with E-state index in [1.54, 1.807) is 12.1 Å². The maximum atomic E-state index is 12.2. The zero-order valence-electron chi connectivity index (χ0n) is 9.32. The normalized spacial score (nSPS) is 11.2. The molecule has 1 heterocycles. The molecule has 0 bridgehead atoms. The van der Waals surface area contributed by atoms with E-state index in [1.165, 1.54) is 30.5 Å². The van der Waals surface area contributed by atoms with E-state index in [1.807, 2.05) is 0 Å². The van der Waals surface area contributed by atoms with E-state index in [0.29, 0.717) is 4.47 Å². The molecule has 0 amide bonds. The van der Waals surface area contributed by atoms with Gasteiger partial charge < -0.3 is 9.47 Å². The first-order valence-corrected chi connectivity index (χ1v) is 5.88. The second kappa shape index (κ2) is 5.48. The fraction of sp³-hybridized carbons (Fsp3) is 0.0833. The number of hydrogen-bond acceptors (Lipinski definition) is 3. The largest absolute Gasteiger partial charge is 0.573 e. The molecule has 0 aliphatic carbocycles. The second-order valence-electron chi connectivity index (χ2n) is 3.39. The highest BCUT2D eigenvalue weighted by Crippen LogP contribution is 2.36. The Hall–Kier alpha value is -1.76. The third kappa shape index (κ3) is 3.85. The van der Waals surface area contributed by atoms with Crippen LogP contribution in [0.1, 0.15) is 0 Å². The van der Waals surface area contributed by atoms with Crippen molar-refractivity contribution in [3.8, 4) is 17.4 Å². The Balaban J connectivity index is 2.28. The first-order valence-electron chi connectivity index (χ1n) is 5.09. The number of benzene rings is 1. The lowest BCUT2D eigenvalue weighted by Gasteiger charge is -2.13. The molecule has 0 spiro atoms. The van der Waals surface area contributed by atoms with Gasteiger partial charge in [-0.15, -0.1) is 13.2 Å². The summed E-state index contributed by atoms with van der Waals surface area (Å²) in [6.45, 7) is 0. The third-order valence-corrected chi connectivity index (χ3v) is 2.61. The fourth-order valence-corrected chi connectivity index (χ4v) is 1.63. The van der Waals surface area contributed by atoms with Gasteiger partial charge >= 0.3 is 6.36 Å². The number of para-hydroxylation sites is 2. The molecule has 1 aromatic heterocycles. The van der Waals surface area contributed by atoms with Crippen molar-refractivity contribution in [1.29, 1.82) is 0 Å². The molecule has 0 aliphatic heterocycles. The number of nitrogens with zero attached hydrogens (tertiary/aromatic N) is 1. The Morgan fingerprint density at radius 1 is 1.00 bits per heavy atom. The zero-order chi connectivity index (χ0) is 13.9. The van der Waals surface area contributed by atoms with Gasteiger partial charge in [-0.2, -0.15) is 0 Å². The number of hydrogen-bond donors (Lipinski definition) is 0. The monoisotopic (exact) mass is 333 g/mol. The summed E-state index contributed by atoms with van der Waals surface area (Å²) in [6.07, 6.45) is -3.31. The van der Waals surface area contributed by atoms with Crippen LogP contribution < -0.4 is 9.47 Å². The van der Waals surface area contributed by atoms with Gasteiger partial charge in [0, 0.05) is 6.20 Å². The molecule has 0 unspecified atom stereocenters. The first kappa shape index (κ1) is 13.7. The van der Waals surface area contributed by atoms with Crippen LogP contribution in [0.4, 0.5) is 13.2 Å². The summed E-state index contributed by atoms with van der Waals surface area (Å²) >= 11 is 3.19. The average Bonchev–Trinajstić information content (AvgIpc) is 2.33. The number of halogens is 4. The highest BCUT2D eigenvalue weighted by molar-refractivity contribution is 9.10. The van der Waals surface area contributed by atoms with Gasteiger partial charge in [-0.05, 0) is 40.2 Å². The molecule has 0 atom stereocenters. The summed E-state index contributed by atoms with van der Waals surface area (Å²) in [4.78, 5) is 3.91. The molecule has 7 heteroatoms. The smallest absolute Gasteiger partial charge is 0.434 e. The Morgan fingerprint density at radius 3 is 2.32 bits per heavy atom. The molecule has 19 heavy (non-hydrogen) atoms. The van der Waals surface area contributed by atoms with Crippen LogP contribution in [0.2, 0.25) is 0 Å². The minimum absolute atomic E-state index is 0.0702. The van der Waals surface area contributed by atoms with Gasteiger partial charge in [0.05, 0.1) is 4.47 Å². The van der Waals surface area contributed by atoms with Gasteiger partial charge in [-0.25, -0.2) is 4.98 Å². The van der Waals surface area contributed by atoms with Crippen molar-refractivity contribution < 1.29 is 22.6 Å². The van der Waals surface area contributed by atoms with Gasteiger partial charge in [0.15, 0.2) is 11.5 Å². The van der Waals surface area contributed by atoms with Crippen molar-refractivity contribution in [3.05, 3.63) is 47.1 Å². The highest BCUT2D eigenvalue weighted by atomic mass is 79.9. The number of pyridine rings is 1. The summed E-state index contributed by atoms with van der Waals surface area (Å²) in [5.41, 5.74) is 0. The average molecular weight is 334 g/mol. The van der Waals surface area contributed by atoms with E-state index in [0.717, 1.165) is 0 Å². The topological polar surface area (TPSA) is 31.4 Å². The molecule has 0 radical (unpaired) electrons. The Kier molecular flexibility index (Phi) is 3.94. The lowest BCUT2D eigenvalue weighted by molar-refractivity contribution is -0.275. The summed E-state index contributed by atoms with van der Waals surface area (Å²) in [7, 11) is 0. The van der Waals surface area contributed by atoms with E-state index in [2.05, 4.69) is 25.7 Å². The predicted molar refractivity (Wildman–Crippen MR) is 65.1 cm³/mol. The van der Waals surface area contributed by atoms with Crippen molar-refractivity contribution in [1.82, 2.24) is 4.98 Å². The maximum Gasteiger partial charge on any atom is 0.573 e. The molecule has 0 saturated carbocycles. The molecule has 0 N–H and O–H groups in total. The molecule has 0 saturated heterocycles. The van der Waals surface area contributed by atoms with Crippen LogP contribution in [0, 0.1) is 0 Å². The van der Waals surface area contributed by atoms with Crippen LogP contribution in [0.25, 0.3) is 0 Å². The molecule has 3 nitrogen and oxygen atoms in total.